The third-order valence-electron chi connectivity index (χ3n) is 10.5. The molecule has 0 saturated carbocycles. The van der Waals surface area contributed by atoms with Gasteiger partial charge in [-0.2, -0.15) is 0 Å². The van der Waals surface area contributed by atoms with E-state index in [0.717, 1.165) is 52.3 Å². The highest BCUT2D eigenvalue weighted by molar-refractivity contribution is 6.06. The number of fused-ring (bicyclic) bond motifs is 7. The lowest BCUT2D eigenvalue weighted by Crippen LogP contribution is -2.49. The molecule has 14 heteroatoms. The molecule has 0 spiro atoms. The molecule has 1 atom stereocenters. The van der Waals surface area contributed by atoms with Crippen LogP contribution in [0.1, 0.15) is 49.7 Å². The molecule has 3 aliphatic heterocycles. The summed E-state index contributed by atoms with van der Waals surface area (Å²) in [6.07, 6.45) is 4.17. The van der Waals surface area contributed by atoms with Gasteiger partial charge in [-0.25, -0.2) is 4.98 Å². The molecule has 1 saturated heterocycles. The summed E-state index contributed by atoms with van der Waals surface area (Å²) in [4.78, 5) is 66.9. The van der Waals surface area contributed by atoms with Gasteiger partial charge < -0.3 is 39.7 Å². The second kappa shape index (κ2) is 14.7. The van der Waals surface area contributed by atoms with Crippen molar-refractivity contribution in [2.24, 2.45) is 0 Å². The van der Waals surface area contributed by atoms with Crippen molar-refractivity contribution in [3.63, 3.8) is 0 Å². The Morgan fingerprint density at radius 1 is 0.839 bits per heavy atom. The van der Waals surface area contributed by atoms with Gasteiger partial charge in [0, 0.05) is 78.2 Å². The van der Waals surface area contributed by atoms with Crippen LogP contribution in [0.15, 0.2) is 90.4 Å². The fraction of sp³-hybridized carbons (Fsp3) is 0.238. The lowest BCUT2D eigenvalue weighted by molar-refractivity contribution is -0.117. The molecule has 284 valence electrons. The maximum Gasteiger partial charge on any atom is 0.268 e. The van der Waals surface area contributed by atoms with Gasteiger partial charge in [0.1, 0.15) is 16.9 Å². The van der Waals surface area contributed by atoms with E-state index in [1.807, 2.05) is 70.7 Å². The van der Waals surface area contributed by atoms with Crippen molar-refractivity contribution < 1.29 is 28.4 Å². The van der Waals surface area contributed by atoms with Gasteiger partial charge in [-0.1, -0.05) is 31.4 Å². The lowest BCUT2D eigenvalue weighted by atomic mass is 10.0. The maximum atomic E-state index is 13.0. The van der Waals surface area contributed by atoms with Gasteiger partial charge in [-0.05, 0) is 79.9 Å². The molecule has 3 aromatic heterocycles. The van der Waals surface area contributed by atoms with Crippen LogP contribution < -0.4 is 21.3 Å². The molecule has 5 amide bonds. The van der Waals surface area contributed by atoms with Crippen molar-refractivity contribution in [2.75, 3.05) is 31.5 Å². The van der Waals surface area contributed by atoms with Gasteiger partial charge >= 0.3 is 0 Å². The van der Waals surface area contributed by atoms with Crippen molar-refractivity contribution >= 4 is 68.1 Å². The molecule has 56 heavy (non-hydrogen) atoms. The van der Waals surface area contributed by atoms with Crippen LogP contribution in [-0.2, 0) is 22.7 Å². The number of oxazole rings is 1. The predicted octanol–water partition coefficient (Wildman–Crippen LogP) is 4.92. The summed E-state index contributed by atoms with van der Waals surface area (Å²) >= 11 is 0. The number of hydrogen-bond acceptors (Lipinski definition) is 7. The van der Waals surface area contributed by atoms with Gasteiger partial charge in [-0.15, -0.1) is 0 Å². The summed E-state index contributed by atoms with van der Waals surface area (Å²) in [5.41, 5.74) is 7.23. The van der Waals surface area contributed by atoms with Crippen LogP contribution in [0.4, 0.5) is 5.69 Å². The Morgan fingerprint density at radius 2 is 1.50 bits per heavy atom. The summed E-state index contributed by atoms with van der Waals surface area (Å²) in [5.74, 6) is -0.253. The SMILES string of the molecule is C=CC(=O)NC1CCCN(C(=O)c2ccc3cc4n(c3c2)CCNC4=O)C1.C=CC(=O)Nc1c(C)ccc2oc(-c3ccc4cc5n(c4c3)CCNC5=O)nc12. The second-order valence-corrected chi connectivity index (χ2v) is 14.0. The first kappa shape index (κ1) is 36.0. The number of nitrogens with one attached hydrogen (secondary N) is 4. The molecule has 14 nitrogen and oxygen atoms in total. The number of anilines is 1. The number of amides is 5. The molecule has 1 unspecified atom stereocenters. The first-order valence-corrected chi connectivity index (χ1v) is 18.5. The Balaban J connectivity index is 0.000000158. The maximum absolute atomic E-state index is 13.0. The number of hydrogen-bond donors (Lipinski definition) is 4. The number of piperidine rings is 1. The van der Waals surface area contributed by atoms with Crippen molar-refractivity contribution in [3.05, 3.63) is 108 Å². The van der Waals surface area contributed by atoms with Gasteiger partial charge in [0.25, 0.3) is 17.7 Å². The highest BCUT2D eigenvalue weighted by atomic mass is 16.3. The van der Waals surface area contributed by atoms with Gasteiger partial charge in [-0.3, -0.25) is 24.0 Å². The molecule has 1 fully saturated rings. The number of rotatable bonds is 6. The zero-order valence-electron chi connectivity index (χ0n) is 30.8. The quantitative estimate of drug-likeness (QED) is 0.175. The fourth-order valence-corrected chi connectivity index (χ4v) is 7.65. The minimum absolute atomic E-state index is 0.0507. The van der Waals surface area contributed by atoms with Crippen molar-refractivity contribution in [1.29, 1.82) is 0 Å². The summed E-state index contributed by atoms with van der Waals surface area (Å²) in [7, 11) is 0. The summed E-state index contributed by atoms with van der Waals surface area (Å²) in [6.45, 7) is 12.6. The number of carbonyl (C=O) groups is 5. The average molecular weight is 753 g/mol. The fourth-order valence-electron chi connectivity index (χ4n) is 7.65. The third kappa shape index (κ3) is 6.69. The van der Waals surface area contributed by atoms with E-state index in [4.69, 9.17) is 4.42 Å². The summed E-state index contributed by atoms with van der Waals surface area (Å²) < 4.78 is 9.96. The number of aryl methyl sites for hydroxylation is 1. The van der Waals surface area contributed by atoms with E-state index in [-0.39, 0.29) is 35.6 Å². The van der Waals surface area contributed by atoms with Crippen LogP contribution in [-0.4, -0.2) is 80.8 Å². The molecule has 6 aromatic rings. The Labute approximate surface area is 321 Å². The van der Waals surface area contributed by atoms with Crippen LogP contribution >= 0.6 is 0 Å². The van der Waals surface area contributed by atoms with Gasteiger partial charge in [0.05, 0.1) is 5.69 Å². The molecule has 6 heterocycles. The van der Waals surface area contributed by atoms with E-state index in [2.05, 4.69) is 39.4 Å². The summed E-state index contributed by atoms with van der Waals surface area (Å²) in [6, 6.07) is 18.8. The van der Waals surface area contributed by atoms with E-state index in [1.54, 1.807) is 11.0 Å². The molecule has 4 N–H and O–H groups in total. The normalized spacial score (nSPS) is 16.2. The molecule has 0 radical (unpaired) electrons. The zero-order chi connectivity index (χ0) is 39.1. The van der Waals surface area contributed by atoms with E-state index < -0.39 is 0 Å². The van der Waals surface area contributed by atoms with E-state index in [1.165, 1.54) is 12.2 Å². The minimum atomic E-state index is -0.301. The number of nitrogens with zero attached hydrogens (tertiary/aromatic N) is 4. The number of likely N-dealkylation sites (tertiary alicyclic amines) is 1. The van der Waals surface area contributed by atoms with Crippen LogP contribution in [0.3, 0.4) is 0 Å². The molecule has 3 aromatic carbocycles. The minimum Gasteiger partial charge on any atom is -0.436 e. The Hall–Kier alpha value is -6.96. The first-order chi connectivity index (χ1) is 27.1. The topological polar surface area (TPSA) is 173 Å². The van der Waals surface area contributed by atoms with Crippen LogP contribution in [0.2, 0.25) is 0 Å². The third-order valence-corrected chi connectivity index (χ3v) is 10.5. The number of carbonyl (C=O) groups excluding carboxylic acids is 5. The van der Waals surface area contributed by atoms with Crippen LogP contribution in [0.25, 0.3) is 44.4 Å². The van der Waals surface area contributed by atoms with Crippen LogP contribution in [0, 0.1) is 6.92 Å². The number of aromatic nitrogens is 3. The molecular weight excluding hydrogens is 713 g/mol. The van der Waals surface area contributed by atoms with E-state index in [0.29, 0.717) is 72.4 Å². The Bertz CT molecular complexity index is 2630. The van der Waals surface area contributed by atoms with E-state index in [9.17, 15) is 24.0 Å². The smallest absolute Gasteiger partial charge is 0.268 e. The first-order valence-electron chi connectivity index (χ1n) is 18.5. The van der Waals surface area contributed by atoms with Gasteiger partial charge in [0.2, 0.25) is 17.7 Å². The van der Waals surface area contributed by atoms with Crippen molar-refractivity contribution in [1.82, 2.24) is 35.0 Å². The largest absolute Gasteiger partial charge is 0.436 e. The van der Waals surface area contributed by atoms with E-state index >= 15 is 0 Å². The van der Waals surface area contributed by atoms with Crippen molar-refractivity contribution in [2.45, 2.75) is 38.9 Å². The highest BCUT2D eigenvalue weighted by Crippen LogP contribution is 2.33. The lowest BCUT2D eigenvalue weighted by Gasteiger charge is -2.33. The molecule has 9 rings (SSSR count). The summed E-state index contributed by atoms with van der Waals surface area (Å²) in [5, 5.41) is 13.3. The monoisotopic (exact) mass is 752 g/mol. The predicted molar refractivity (Wildman–Crippen MR) is 212 cm³/mol. The Kier molecular flexibility index (Phi) is 9.46. The zero-order valence-corrected chi connectivity index (χ0v) is 30.8. The number of benzene rings is 3. The molecule has 3 aliphatic rings. The van der Waals surface area contributed by atoms with Crippen LogP contribution in [0.5, 0.6) is 0 Å². The molecule has 0 aliphatic carbocycles. The molecular formula is C42H40N8O6. The standard InChI is InChI=1S/C22H18N4O3.C20H22N4O3/c1-3-18(27)24-19-12(2)4-7-17-20(19)25-22(29-17)14-6-5-13-10-16-21(28)23-8-9-26(16)15(13)11-14;1-2-18(25)22-15-4-3-8-23(12-15)20(27)14-6-5-13-10-17-19(26)21-7-9-24(17)16(13)11-14/h3-7,10-11H,1,8-9H2,2H3,(H,23,28)(H,24,27);2,5-6,10-11,15H,1,3-4,7-9,12H2,(H,21,26)(H,22,25). The highest BCUT2D eigenvalue weighted by Gasteiger charge is 2.27. The average Bonchev–Trinajstić information content (AvgIpc) is 3.93. The van der Waals surface area contributed by atoms with Crippen molar-refractivity contribution in [3.8, 4) is 11.5 Å². The van der Waals surface area contributed by atoms with Gasteiger partial charge in [0.15, 0.2) is 5.58 Å². The Morgan fingerprint density at radius 3 is 2.18 bits per heavy atom. The molecule has 0 bridgehead atoms. The second-order valence-electron chi connectivity index (χ2n) is 14.0.